The van der Waals surface area contributed by atoms with Gasteiger partial charge in [-0.1, -0.05) is 18.7 Å². The summed E-state index contributed by atoms with van der Waals surface area (Å²) >= 11 is 0. The number of ether oxygens (including phenoxy) is 1. The predicted molar refractivity (Wildman–Crippen MR) is 68.0 cm³/mol. The SMILES string of the molecule is C=C1CNCC(=Cc2ccc(OC)cc2)C1=O. The van der Waals surface area contributed by atoms with Gasteiger partial charge in [-0.25, -0.2) is 0 Å². The monoisotopic (exact) mass is 229 g/mol. The highest BCUT2D eigenvalue weighted by molar-refractivity contribution is 6.11. The van der Waals surface area contributed by atoms with Gasteiger partial charge in [-0.3, -0.25) is 4.79 Å². The Bertz CT molecular complexity index is 472. The van der Waals surface area contributed by atoms with Crippen LogP contribution in [0, 0.1) is 0 Å². The summed E-state index contributed by atoms with van der Waals surface area (Å²) in [6.45, 7) is 4.92. The molecule has 88 valence electrons. The van der Waals surface area contributed by atoms with Crippen LogP contribution in [0.25, 0.3) is 6.08 Å². The number of methoxy groups -OCH3 is 1. The van der Waals surface area contributed by atoms with Crippen molar-refractivity contribution in [2.45, 2.75) is 0 Å². The van der Waals surface area contributed by atoms with Crippen molar-refractivity contribution in [2.24, 2.45) is 0 Å². The van der Waals surface area contributed by atoms with Gasteiger partial charge in [-0.05, 0) is 23.8 Å². The quantitative estimate of drug-likeness (QED) is 0.786. The lowest BCUT2D eigenvalue weighted by Gasteiger charge is -2.16. The van der Waals surface area contributed by atoms with Crippen LogP contribution >= 0.6 is 0 Å². The average Bonchev–Trinajstić information content (AvgIpc) is 2.36. The number of rotatable bonds is 2. The molecule has 1 N–H and O–H groups in total. The third kappa shape index (κ3) is 2.63. The van der Waals surface area contributed by atoms with E-state index in [1.54, 1.807) is 7.11 Å². The highest BCUT2D eigenvalue weighted by Crippen LogP contribution is 2.16. The molecule has 0 unspecified atom stereocenters. The third-order valence-electron chi connectivity index (χ3n) is 2.72. The van der Waals surface area contributed by atoms with Crippen LogP contribution in [0.1, 0.15) is 5.56 Å². The predicted octanol–water partition coefficient (Wildman–Crippen LogP) is 1.81. The summed E-state index contributed by atoms with van der Waals surface area (Å²) in [4.78, 5) is 11.8. The molecular formula is C14H15NO2. The van der Waals surface area contributed by atoms with Gasteiger partial charge in [-0.2, -0.15) is 0 Å². The molecule has 1 saturated heterocycles. The maximum absolute atomic E-state index is 11.8. The number of hydrogen-bond acceptors (Lipinski definition) is 3. The first-order valence-electron chi connectivity index (χ1n) is 5.48. The fraction of sp³-hybridized carbons (Fsp3) is 0.214. The molecule has 17 heavy (non-hydrogen) atoms. The third-order valence-corrected chi connectivity index (χ3v) is 2.72. The molecule has 0 aromatic heterocycles. The Kier molecular flexibility index (Phi) is 3.40. The van der Waals surface area contributed by atoms with Crippen molar-refractivity contribution in [2.75, 3.05) is 20.2 Å². The highest BCUT2D eigenvalue weighted by Gasteiger charge is 2.17. The van der Waals surface area contributed by atoms with Gasteiger partial charge >= 0.3 is 0 Å². The fourth-order valence-corrected chi connectivity index (χ4v) is 1.75. The van der Waals surface area contributed by atoms with E-state index < -0.39 is 0 Å². The van der Waals surface area contributed by atoms with Gasteiger partial charge in [0.15, 0.2) is 5.78 Å². The van der Waals surface area contributed by atoms with Crippen molar-refractivity contribution in [3.63, 3.8) is 0 Å². The Morgan fingerprint density at radius 1 is 1.29 bits per heavy atom. The normalized spacial score (nSPS) is 18.5. The van der Waals surface area contributed by atoms with Crippen molar-refractivity contribution >= 4 is 11.9 Å². The molecule has 0 atom stereocenters. The molecule has 0 bridgehead atoms. The zero-order valence-corrected chi connectivity index (χ0v) is 9.82. The minimum absolute atomic E-state index is 0.0552. The Hall–Kier alpha value is -1.87. The largest absolute Gasteiger partial charge is 0.497 e. The van der Waals surface area contributed by atoms with Crippen molar-refractivity contribution in [3.05, 3.63) is 47.6 Å². The average molecular weight is 229 g/mol. The molecule has 1 aliphatic rings. The summed E-state index contributed by atoms with van der Waals surface area (Å²) in [5.41, 5.74) is 2.37. The summed E-state index contributed by atoms with van der Waals surface area (Å²) in [6.07, 6.45) is 1.89. The molecule has 3 nitrogen and oxygen atoms in total. The van der Waals surface area contributed by atoms with E-state index in [0.29, 0.717) is 18.7 Å². The van der Waals surface area contributed by atoms with E-state index >= 15 is 0 Å². The van der Waals surface area contributed by atoms with Crippen LogP contribution in [-0.2, 0) is 4.79 Å². The van der Waals surface area contributed by atoms with Gasteiger partial charge in [0.2, 0.25) is 0 Å². The molecule has 1 heterocycles. The van der Waals surface area contributed by atoms with Gasteiger partial charge in [0.1, 0.15) is 5.75 Å². The first-order valence-corrected chi connectivity index (χ1v) is 5.48. The number of carbonyl (C=O) groups excluding carboxylic acids is 1. The standard InChI is InChI=1S/C14H15NO2/c1-10-8-15-9-12(14(10)16)7-11-3-5-13(17-2)6-4-11/h3-7,15H,1,8-9H2,2H3. The topological polar surface area (TPSA) is 38.3 Å². The van der Waals surface area contributed by atoms with E-state index in [2.05, 4.69) is 11.9 Å². The zero-order valence-electron chi connectivity index (χ0n) is 9.82. The molecule has 3 heteroatoms. The molecule has 0 radical (unpaired) electrons. The van der Waals surface area contributed by atoms with E-state index in [0.717, 1.165) is 16.9 Å². The summed E-state index contributed by atoms with van der Waals surface area (Å²) < 4.78 is 5.08. The van der Waals surface area contributed by atoms with Crippen LogP contribution in [0.5, 0.6) is 5.75 Å². The maximum Gasteiger partial charge on any atom is 0.187 e. The Balaban J connectivity index is 2.22. The van der Waals surface area contributed by atoms with Crippen molar-refractivity contribution < 1.29 is 9.53 Å². The number of ketones is 1. The van der Waals surface area contributed by atoms with Gasteiger partial charge in [-0.15, -0.1) is 0 Å². The number of carbonyl (C=O) groups is 1. The first-order chi connectivity index (χ1) is 8.20. The zero-order chi connectivity index (χ0) is 12.3. The second kappa shape index (κ2) is 4.97. The van der Waals surface area contributed by atoms with Gasteiger partial charge in [0.25, 0.3) is 0 Å². The molecule has 1 aromatic carbocycles. The number of benzene rings is 1. The van der Waals surface area contributed by atoms with Gasteiger partial charge < -0.3 is 10.1 Å². The molecule has 1 aromatic rings. The summed E-state index contributed by atoms with van der Waals surface area (Å²) in [6, 6.07) is 7.61. The molecule has 0 saturated carbocycles. The highest BCUT2D eigenvalue weighted by atomic mass is 16.5. The fourth-order valence-electron chi connectivity index (χ4n) is 1.75. The molecular weight excluding hydrogens is 214 g/mol. The van der Waals surface area contributed by atoms with Crippen LogP contribution in [-0.4, -0.2) is 26.0 Å². The second-order valence-electron chi connectivity index (χ2n) is 3.98. The second-order valence-corrected chi connectivity index (χ2v) is 3.98. The van der Waals surface area contributed by atoms with Crippen LogP contribution in [0.2, 0.25) is 0 Å². The molecule has 2 rings (SSSR count). The van der Waals surface area contributed by atoms with E-state index in [4.69, 9.17) is 4.74 Å². The lowest BCUT2D eigenvalue weighted by atomic mass is 9.98. The Labute approximate surface area is 101 Å². The van der Waals surface area contributed by atoms with Crippen LogP contribution < -0.4 is 10.1 Å². The minimum atomic E-state index is 0.0552. The molecule has 1 fully saturated rings. The van der Waals surface area contributed by atoms with Crippen molar-refractivity contribution in [1.82, 2.24) is 5.32 Å². The number of nitrogens with one attached hydrogen (secondary N) is 1. The van der Waals surface area contributed by atoms with E-state index in [9.17, 15) is 4.79 Å². The lowest BCUT2D eigenvalue weighted by molar-refractivity contribution is -0.112. The summed E-state index contributed by atoms with van der Waals surface area (Å²) in [7, 11) is 1.63. The summed E-state index contributed by atoms with van der Waals surface area (Å²) in [5, 5.41) is 3.14. The lowest BCUT2D eigenvalue weighted by Crippen LogP contribution is -2.32. The van der Waals surface area contributed by atoms with E-state index in [-0.39, 0.29) is 5.78 Å². The van der Waals surface area contributed by atoms with Crippen LogP contribution in [0.4, 0.5) is 0 Å². The number of hydrogen-bond donors (Lipinski definition) is 1. The van der Waals surface area contributed by atoms with Gasteiger partial charge in [0.05, 0.1) is 7.11 Å². The summed E-state index contributed by atoms with van der Waals surface area (Å²) in [5.74, 6) is 0.865. The van der Waals surface area contributed by atoms with E-state index in [1.807, 2.05) is 30.3 Å². The van der Waals surface area contributed by atoms with Crippen molar-refractivity contribution in [3.8, 4) is 5.75 Å². The molecule has 0 aliphatic carbocycles. The minimum Gasteiger partial charge on any atom is -0.497 e. The van der Waals surface area contributed by atoms with E-state index in [1.165, 1.54) is 0 Å². The number of Topliss-reactive ketones (excluding diaryl/α,β-unsaturated/α-hetero) is 1. The molecule has 1 aliphatic heterocycles. The first kappa shape index (κ1) is 11.6. The number of piperidine rings is 1. The Morgan fingerprint density at radius 2 is 2.00 bits per heavy atom. The van der Waals surface area contributed by atoms with Gasteiger partial charge in [0, 0.05) is 24.2 Å². The molecule has 0 amide bonds. The Morgan fingerprint density at radius 3 is 2.65 bits per heavy atom. The van der Waals surface area contributed by atoms with Crippen LogP contribution in [0.15, 0.2) is 42.0 Å². The smallest absolute Gasteiger partial charge is 0.187 e. The van der Waals surface area contributed by atoms with Crippen LogP contribution in [0.3, 0.4) is 0 Å². The molecule has 0 spiro atoms. The van der Waals surface area contributed by atoms with Crippen molar-refractivity contribution in [1.29, 1.82) is 0 Å². The maximum atomic E-state index is 11.8.